The molecule has 10 nitrogen and oxygen atoms in total. The summed E-state index contributed by atoms with van der Waals surface area (Å²) >= 11 is 0. The number of carboxylic acid groups (broad SMARTS) is 2. The van der Waals surface area contributed by atoms with Crippen LogP contribution in [-0.2, 0) is 9.59 Å². The predicted octanol–water partition coefficient (Wildman–Crippen LogP) is -8.29. The van der Waals surface area contributed by atoms with Gasteiger partial charge in [0.2, 0.25) is 0 Å². The molecule has 11 heteroatoms. The summed E-state index contributed by atoms with van der Waals surface area (Å²) in [6, 6.07) is 0. The van der Waals surface area contributed by atoms with Gasteiger partial charge in [-0.3, -0.25) is 0 Å². The molecule has 92 valence electrons. The van der Waals surface area contributed by atoms with Crippen molar-refractivity contribution in [2.24, 2.45) is 11.5 Å². The summed E-state index contributed by atoms with van der Waals surface area (Å²) in [5.74, 6) is -2.44. The largest absolute Gasteiger partial charge is 2.00 e. The van der Waals surface area contributed by atoms with E-state index in [-0.39, 0.29) is 72.7 Å². The minimum Gasteiger partial charge on any atom is -0.549 e. The van der Waals surface area contributed by atoms with Gasteiger partial charge in [-0.25, -0.2) is 0 Å². The summed E-state index contributed by atoms with van der Waals surface area (Å²) in [7, 11) is 0. The third kappa shape index (κ3) is 127. The van der Waals surface area contributed by atoms with Crippen LogP contribution in [0.1, 0.15) is 0 Å². The molecule has 15 heavy (non-hydrogen) atoms. The first-order chi connectivity index (χ1) is 4.54. The minimum atomic E-state index is -1.22. The van der Waals surface area contributed by atoms with Crippen molar-refractivity contribution in [1.82, 2.24) is 0 Å². The van der Waals surface area contributed by atoms with Gasteiger partial charge in [0.05, 0.1) is 11.9 Å². The molecule has 0 atom stereocenters. The molecular formula is C4H16CaN2O8. The van der Waals surface area contributed by atoms with Crippen LogP contribution < -0.4 is 21.7 Å². The van der Waals surface area contributed by atoms with Crippen LogP contribution in [0.5, 0.6) is 0 Å². The van der Waals surface area contributed by atoms with Crippen LogP contribution >= 0.6 is 0 Å². The van der Waals surface area contributed by atoms with Gasteiger partial charge in [0.25, 0.3) is 0 Å². The van der Waals surface area contributed by atoms with E-state index in [0.29, 0.717) is 0 Å². The van der Waals surface area contributed by atoms with E-state index in [1.807, 2.05) is 0 Å². The fourth-order valence-corrected chi connectivity index (χ4v) is 0. The molecule has 0 saturated carbocycles. The normalized spacial score (nSPS) is 4.93. The van der Waals surface area contributed by atoms with Gasteiger partial charge < -0.3 is 53.2 Å². The minimum absolute atomic E-state index is 0. The van der Waals surface area contributed by atoms with E-state index in [0.717, 1.165) is 0 Å². The topological polar surface area (TPSA) is 258 Å². The van der Waals surface area contributed by atoms with Gasteiger partial charge >= 0.3 is 37.7 Å². The molecule has 0 unspecified atom stereocenters. The Kier molecular flexibility index (Phi) is 114. The van der Waals surface area contributed by atoms with Crippen molar-refractivity contribution in [2.45, 2.75) is 0 Å². The van der Waals surface area contributed by atoms with E-state index in [9.17, 15) is 0 Å². The first kappa shape index (κ1) is 46.0. The molecule has 0 rings (SSSR count). The molecule has 0 fully saturated rings. The molecule has 0 saturated heterocycles. The Hall–Kier alpha value is -0.0403. The first-order valence-electron chi connectivity index (χ1n) is 2.34. The van der Waals surface area contributed by atoms with Crippen LogP contribution in [0.2, 0.25) is 0 Å². The monoisotopic (exact) mass is 260 g/mol. The summed E-state index contributed by atoms with van der Waals surface area (Å²) in [5.41, 5.74) is 9.02. The third-order valence-corrected chi connectivity index (χ3v) is 0.333. The van der Waals surface area contributed by atoms with Crippen molar-refractivity contribution >= 4 is 49.7 Å². The zero-order valence-electron chi connectivity index (χ0n) is 7.91. The van der Waals surface area contributed by atoms with Crippen molar-refractivity contribution in [3.05, 3.63) is 0 Å². The third-order valence-electron chi connectivity index (χ3n) is 0.333. The zero-order chi connectivity index (χ0) is 8.57. The van der Waals surface area contributed by atoms with Gasteiger partial charge in [-0.15, -0.1) is 0 Å². The maximum atomic E-state index is 9.13. The van der Waals surface area contributed by atoms with E-state index in [1.54, 1.807) is 0 Å². The van der Waals surface area contributed by atoms with Crippen LogP contribution in [0.15, 0.2) is 0 Å². The molecule has 0 aromatic carbocycles. The van der Waals surface area contributed by atoms with Gasteiger partial charge in [0.15, 0.2) is 0 Å². The van der Waals surface area contributed by atoms with Crippen LogP contribution in [-0.4, -0.2) is 84.7 Å². The van der Waals surface area contributed by atoms with Gasteiger partial charge in [-0.1, -0.05) is 0 Å². The summed E-state index contributed by atoms with van der Waals surface area (Å²) in [5, 5.41) is 18.3. The molecule has 0 aliphatic carbocycles. The van der Waals surface area contributed by atoms with Crippen LogP contribution in [0.4, 0.5) is 0 Å². The van der Waals surface area contributed by atoms with Gasteiger partial charge in [-0.05, 0) is 0 Å². The second kappa shape index (κ2) is 37.0. The molecule has 0 aliphatic rings. The van der Waals surface area contributed by atoms with Crippen LogP contribution in [0, 0.1) is 0 Å². The van der Waals surface area contributed by atoms with E-state index in [4.69, 9.17) is 19.8 Å². The van der Waals surface area contributed by atoms with Crippen molar-refractivity contribution < 1.29 is 41.7 Å². The Morgan fingerprint density at radius 2 is 0.867 bits per heavy atom. The van der Waals surface area contributed by atoms with Gasteiger partial charge in [0, 0.05) is 13.1 Å². The number of aliphatic carboxylic acids is 2. The number of nitrogens with two attached hydrogens (primary N) is 2. The quantitative estimate of drug-likeness (QED) is 0.454. The van der Waals surface area contributed by atoms with E-state index in [2.05, 4.69) is 11.5 Å². The number of hydrogen-bond acceptors (Lipinski definition) is 6. The van der Waals surface area contributed by atoms with Crippen molar-refractivity contribution in [1.29, 1.82) is 0 Å². The Labute approximate surface area is 115 Å². The zero-order valence-corrected chi connectivity index (χ0v) is 10.1. The summed E-state index contributed by atoms with van der Waals surface area (Å²) < 4.78 is 0. The van der Waals surface area contributed by atoms with E-state index >= 15 is 0 Å². The maximum absolute atomic E-state index is 9.13. The van der Waals surface area contributed by atoms with Crippen molar-refractivity contribution in [3.8, 4) is 0 Å². The number of carbonyl (C=O) groups is 2. The first-order valence-corrected chi connectivity index (χ1v) is 2.34. The van der Waals surface area contributed by atoms with Gasteiger partial charge in [-0.2, -0.15) is 0 Å². The number of hydrogen-bond donors (Lipinski definition) is 2. The Morgan fingerprint density at radius 3 is 0.867 bits per heavy atom. The molecule has 0 bridgehead atoms. The Morgan fingerprint density at radius 1 is 0.800 bits per heavy atom. The second-order valence-electron chi connectivity index (χ2n) is 1.15. The number of carbonyl (C=O) groups excluding carboxylic acids is 2. The maximum Gasteiger partial charge on any atom is 2.00 e. The summed E-state index contributed by atoms with van der Waals surface area (Å²) in [6.45, 7) is -0.778. The molecule has 0 aromatic heterocycles. The van der Waals surface area contributed by atoms with Crippen LogP contribution in [0.25, 0.3) is 0 Å². The number of rotatable bonds is 2. The van der Waals surface area contributed by atoms with E-state index in [1.165, 1.54) is 0 Å². The average Bonchev–Trinajstić information content (AvgIpc) is 1.89. The molecule has 0 heterocycles. The summed E-state index contributed by atoms with van der Waals surface area (Å²) in [4.78, 5) is 18.3. The molecule has 0 aliphatic heterocycles. The smallest absolute Gasteiger partial charge is 0.549 e. The molecule has 0 radical (unpaired) electrons. The number of carboxylic acids is 2. The fourth-order valence-electron chi connectivity index (χ4n) is 0. The van der Waals surface area contributed by atoms with Crippen molar-refractivity contribution in [2.75, 3.05) is 13.1 Å². The molecule has 0 aromatic rings. The Balaban J connectivity index is -0.0000000128. The van der Waals surface area contributed by atoms with Crippen LogP contribution in [0.3, 0.4) is 0 Å². The molecular weight excluding hydrogens is 244 g/mol. The average molecular weight is 260 g/mol. The molecule has 0 spiro atoms. The van der Waals surface area contributed by atoms with E-state index < -0.39 is 11.9 Å². The molecule has 0 amide bonds. The standard InChI is InChI=1S/2C2H5NO2.Ca.4H2O/c2*3-1-2(4)5;;;;;/h2*1,3H2,(H,4,5);;4*1H2/q;;+2;;;;/p-2. The fraction of sp³-hybridized carbons (Fsp3) is 0.500. The Bertz CT molecular complexity index is 109. The molecule has 12 N–H and O–H groups in total. The predicted molar refractivity (Wildman–Crippen MR) is 48.3 cm³/mol. The SMILES string of the molecule is NCC(=O)[O-].NCC(=O)[O-].O.O.O.O.[Ca+2]. The van der Waals surface area contributed by atoms with Crippen molar-refractivity contribution in [3.63, 3.8) is 0 Å². The summed E-state index contributed by atoms with van der Waals surface area (Å²) in [6.07, 6.45) is 0. The van der Waals surface area contributed by atoms with Gasteiger partial charge in [0.1, 0.15) is 0 Å². The second-order valence-corrected chi connectivity index (χ2v) is 1.15.